The molecule has 0 bridgehead atoms. The first-order chi connectivity index (χ1) is 14.9. The van der Waals surface area contributed by atoms with Gasteiger partial charge < -0.3 is 0 Å². The predicted octanol–water partition coefficient (Wildman–Crippen LogP) is 6.99. The Morgan fingerprint density at radius 1 is 1.12 bits per heavy atom. The highest BCUT2D eigenvalue weighted by atomic mass is 32.3. The summed E-state index contributed by atoms with van der Waals surface area (Å²) in [6.45, 7) is 12.0. The molecule has 32 heavy (non-hydrogen) atoms. The van der Waals surface area contributed by atoms with Crippen LogP contribution in [0.4, 0.5) is 0 Å². The molecule has 0 aliphatic heterocycles. The zero-order valence-electron chi connectivity index (χ0n) is 20.7. The fourth-order valence-corrected chi connectivity index (χ4v) is 8.99. The quantitative estimate of drug-likeness (QED) is 0.340. The van der Waals surface area contributed by atoms with Gasteiger partial charge in [0.1, 0.15) is 0 Å². The maximum absolute atomic E-state index is 11.2. The first-order valence-corrected chi connectivity index (χ1v) is 14.3. The molecule has 0 amide bonds. The lowest BCUT2D eigenvalue weighted by atomic mass is 9.47. The molecule has 0 heterocycles. The van der Waals surface area contributed by atoms with Crippen LogP contribution in [0.5, 0.6) is 0 Å². The second kappa shape index (κ2) is 8.85. The Morgan fingerprint density at radius 3 is 2.56 bits per heavy atom. The van der Waals surface area contributed by atoms with Crippen molar-refractivity contribution in [3.63, 3.8) is 0 Å². The van der Waals surface area contributed by atoms with Gasteiger partial charge >= 0.3 is 10.4 Å². The normalized spacial score (nSPS) is 43.0. The Morgan fingerprint density at radius 2 is 1.88 bits per heavy atom. The minimum absolute atomic E-state index is 0.157. The van der Waals surface area contributed by atoms with E-state index in [0.717, 1.165) is 36.5 Å². The molecule has 3 fully saturated rings. The predicted molar refractivity (Wildman–Crippen MR) is 129 cm³/mol. The highest BCUT2D eigenvalue weighted by Crippen LogP contribution is 2.67. The summed E-state index contributed by atoms with van der Waals surface area (Å²) in [4.78, 5) is 0. The Labute approximate surface area is 196 Å². The SMILES string of the molecule is CC(C)C/C=C/[C@@H](C)[C@H]1CC[C@H]2[C@@H]3CC=C4CC(OS(=O)(=O)O)CC[C@]4(C)[C@H]3CC[C@]12C. The van der Waals surface area contributed by atoms with Gasteiger partial charge in [-0.1, -0.05) is 58.4 Å². The van der Waals surface area contributed by atoms with Crippen LogP contribution in [0.2, 0.25) is 0 Å². The second-order valence-electron chi connectivity index (χ2n) is 12.3. The molecule has 0 saturated heterocycles. The standard InChI is InChI=1S/C27H44O4S/c1-18(2)7-6-8-19(3)23-11-12-24-22-10-9-20-17-21(31-32(28,29)30)13-15-26(20,4)25(22)14-16-27(23,24)5/h6,8-9,18-19,21-25H,7,10-17H2,1-5H3,(H,28,29,30)/b8-6+/t19-,21?,22+,23-,24+,25+,26+,27-/m1/s1. The third kappa shape index (κ3) is 4.51. The average molecular weight is 465 g/mol. The van der Waals surface area contributed by atoms with Crippen LogP contribution in [0, 0.1) is 46.3 Å². The average Bonchev–Trinajstić information content (AvgIpc) is 3.04. The van der Waals surface area contributed by atoms with Crippen LogP contribution in [0.1, 0.15) is 92.4 Å². The van der Waals surface area contributed by atoms with Crippen LogP contribution in [0.3, 0.4) is 0 Å². The molecule has 4 nitrogen and oxygen atoms in total. The van der Waals surface area contributed by atoms with Gasteiger partial charge in [-0.2, -0.15) is 8.42 Å². The molecular formula is C27H44O4S. The molecule has 3 saturated carbocycles. The van der Waals surface area contributed by atoms with Crippen molar-refractivity contribution < 1.29 is 17.2 Å². The summed E-state index contributed by atoms with van der Waals surface area (Å²) in [6.07, 6.45) is 16.9. The van der Waals surface area contributed by atoms with Gasteiger partial charge in [0.2, 0.25) is 0 Å². The van der Waals surface area contributed by atoms with Crippen LogP contribution in [0.15, 0.2) is 23.8 Å². The van der Waals surface area contributed by atoms with Gasteiger partial charge in [-0.05, 0) is 104 Å². The molecule has 1 unspecified atom stereocenters. The molecule has 4 rings (SSSR count). The molecule has 1 N–H and O–H groups in total. The molecule has 0 aromatic heterocycles. The van der Waals surface area contributed by atoms with Crippen LogP contribution in [0.25, 0.3) is 0 Å². The molecule has 0 aromatic rings. The minimum atomic E-state index is -4.38. The lowest BCUT2D eigenvalue weighted by Gasteiger charge is -2.58. The molecule has 8 atom stereocenters. The van der Waals surface area contributed by atoms with Crippen molar-refractivity contribution in [2.75, 3.05) is 0 Å². The summed E-state index contributed by atoms with van der Waals surface area (Å²) < 4.78 is 36.5. The van der Waals surface area contributed by atoms with Gasteiger partial charge in [-0.15, -0.1) is 0 Å². The highest BCUT2D eigenvalue weighted by molar-refractivity contribution is 7.80. The first kappa shape index (κ1) is 24.5. The maximum atomic E-state index is 11.2. The van der Waals surface area contributed by atoms with Crippen molar-refractivity contribution >= 4 is 10.4 Å². The molecule has 0 radical (unpaired) electrons. The summed E-state index contributed by atoms with van der Waals surface area (Å²) in [7, 11) is -4.38. The Bertz CT molecular complexity index is 859. The van der Waals surface area contributed by atoms with Crippen molar-refractivity contribution in [2.24, 2.45) is 46.3 Å². The fraction of sp³-hybridized carbons (Fsp3) is 0.852. The van der Waals surface area contributed by atoms with E-state index in [1.807, 2.05) is 0 Å². The fourth-order valence-electron chi connectivity index (χ4n) is 8.49. The first-order valence-electron chi connectivity index (χ1n) is 13.0. The maximum Gasteiger partial charge on any atom is 0.397 e. The monoisotopic (exact) mass is 464 g/mol. The molecule has 5 heteroatoms. The Hall–Kier alpha value is -0.650. The van der Waals surface area contributed by atoms with Gasteiger partial charge in [0.05, 0.1) is 6.10 Å². The minimum Gasteiger partial charge on any atom is -0.264 e. The summed E-state index contributed by atoms with van der Waals surface area (Å²) in [5.74, 6) is 4.40. The van der Waals surface area contributed by atoms with Crippen LogP contribution < -0.4 is 0 Å². The van der Waals surface area contributed by atoms with Crippen molar-refractivity contribution in [3.05, 3.63) is 23.8 Å². The molecule has 4 aliphatic carbocycles. The van der Waals surface area contributed by atoms with E-state index in [1.165, 1.54) is 37.7 Å². The van der Waals surface area contributed by atoms with Gasteiger partial charge in [-0.3, -0.25) is 4.55 Å². The number of allylic oxidation sites excluding steroid dienone is 3. The number of fused-ring (bicyclic) bond motifs is 5. The van der Waals surface area contributed by atoms with Gasteiger partial charge in [0.25, 0.3) is 0 Å². The summed E-state index contributed by atoms with van der Waals surface area (Å²) in [6, 6.07) is 0. The van der Waals surface area contributed by atoms with Crippen molar-refractivity contribution in [1.82, 2.24) is 0 Å². The summed E-state index contributed by atoms with van der Waals surface area (Å²) >= 11 is 0. The summed E-state index contributed by atoms with van der Waals surface area (Å²) in [5, 5.41) is 0. The van der Waals surface area contributed by atoms with Gasteiger partial charge in [0.15, 0.2) is 0 Å². The second-order valence-corrected chi connectivity index (χ2v) is 13.3. The van der Waals surface area contributed by atoms with Crippen molar-refractivity contribution in [3.8, 4) is 0 Å². The molecule has 0 aromatic carbocycles. The van der Waals surface area contributed by atoms with E-state index in [2.05, 4.69) is 52.8 Å². The van der Waals surface area contributed by atoms with E-state index in [-0.39, 0.29) is 5.41 Å². The third-order valence-electron chi connectivity index (χ3n) is 10.1. The topological polar surface area (TPSA) is 63.6 Å². The Kier molecular flexibility index (Phi) is 6.77. The zero-order chi connectivity index (χ0) is 23.3. The van der Waals surface area contributed by atoms with Crippen LogP contribution in [-0.2, 0) is 14.6 Å². The van der Waals surface area contributed by atoms with E-state index in [1.54, 1.807) is 0 Å². The third-order valence-corrected chi connectivity index (χ3v) is 10.6. The van der Waals surface area contributed by atoms with Crippen LogP contribution in [-0.4, -0.2) is 19.1 Å². The van der Waals surface area contributed by atoms with Crippen molar-refractivity contribution in [2.45, 2.75) is 98.5 Å². The lowest BCUT2D eigenvalue weighted by molar-refractivity contribution is -0.0527. The van der Waals surface area contributed by atoms with E-state index in [9.17, 15) is 8.42 Å². The largest absolute Gasteiger partial charge is 0.397 e. The van der Waals surface area contributed by atoms with E-state index < -0.39 is 16.5 Å². The van der Waals surface area contributed by atoms with E-state index in [0.29, 0.717) is 30.1 Å². The number of hydrogen-bond donors (Lipinski definition) is 1. The molecule has 4 aliphatic rings. The molecule has 182 valence electrons. The van der Waals surface area contributed by atoms with Gasteiger partial charge in [0, 0.05) is 0 Å². The van der Waals surface area contributed by atoms with Crippen molar-refractivity contribution in [1.29, 1.82) is 0 Å². The molecule has 0 spiro atoms. The zero-order valence-corrected chi connectivity index (χ0v) is 21.5. The van der Waals surface area contributed by atoms with Crippen LogP contribution >= 0.6 is 0 Å². The highest BCUT2D eigenvalue weighted by Gasteiger charge is 2.59. The summed E-state index contributed by atoms with van der Waals surface area (Å²) in [5.41, 5.74) is 1.97. The van der Waals surface area contributed by atoms with E-state index in [4.69, 9.17) is 8.74 Å². The van der Waals surface area contributed by atoms with Gasteiger partial charge in [-0.25, -0.2) is 4.18 Å². The molecular weight excluding hydrogens is 420 g/mol. The lowest BCUT2D eigenvalue weighted by Crippen LogP contribution is -2.51. The van der Waals surface area contributed by atoms with E-state index >= 15 is 0 Å². The number of hydrogen-bond acceptors (Lipinski definition) is 3. The smallest absolute Gasteiger partial charge is 0.264 e. The number of rotatable bonds is 6. The Balaban J connectivity index is 1.50.